The fraction of sp³-hybridized carbons (Fsp3) is 0.143. The highest BCUT2D eigenvalue weighted by Gasteiger charge is 2.08. The van der Waals surface area contributed by atoms with Crippen LogP contribution in [0.1, 0.15) is 22.8 Å². The number of aromatic nitrogens is 1. The number of benzene rings is 1. The molecular weight excluding hydrogens is 212 g/mol. The summed E-state index contributed by atoms with van der Waals surface area (Å²) in [5.41, 5.74) is 2.35. The minimum atomic E-state index is -0.592. The maximum absolute atomic E-state index is 10.1. The molecule has 1 atom stereocenters. The van der Waals surface area contributed by atoms with Crippen molar-refractivity contribution in [3.05, 3.63) is 65.5 Å². The maximum atomic E-state index is 10.1. The Bertz CT molecular complexity index is 531. The van der Waals surface area contributed by atoms with Crippen molar-refractivity contribution in [2.24, 2.45) is 0 Å². The first-order valence-corrected chi connectivity index (χ1v) is 5.36. The number of aliphatic hydroxyl groups is 1. The first-order valence-electron chi connectivity index (χ1n) is 5.36. The highest BCUT2D eigenvalue weighted by molar-refractivity contribution is 5.34. The standard InChI is InChI=1S/C14H12N2O/c15-10-12-2-1-3-13(8-12)14(17)9-11-4-6-16-7-5-11/h1-8,14,17H,9H2. The van der Waals surface area contributed by atoms with E-state index >= 15 is 0 Å². The Morgan fingerprint density at radius 3 is 2.71 bits per heavy atom. The number of nitriles is 1. The molecule has 0 saturated heterocycles. The quantitative estimate of drug-likeness (QED) is 0.869. The average Bonchev–Trinajstić information content (AvgIpc) is 2.40. The summed E-state index contributed by atoms with van der Waals surface area (Å²) in [7, 11) is 0. The van der Waals surface area contributed by atoms with Crippen molar-refractivity contribution in [1.29, 1.82) is 5.26 Å². The van der Waals surface area contributed by atoms with Gasteiger partial charge < -0.3 is 5.11 Å². The van der Waals surface area contributed by atoms with Crippen LogP contribution in [0.5, 0.6) is 0 Å². The van der Waals surface area contributed by atoms with Crippen molar-refractivity contribution >= 4 is 0 Å². The van der Waals surface area contributed by atoms with Gasteiger partial charge in [0.25, 0.3) is 0 Å². The Morgan fingerprint density at radius 2 is 2.00 bits per heavy atom. The van der Waals surface area contributed by atoms with E-state index in [1.807, 2.05) is 18.2 Å². The fourth-order valence-electron chi connectivity index (χ4n) is 1.68. The molecule has 0 radical (unpaired) electrons. The molecule has 1 heterocycles. The predicted molar refractivity (Wildman–Crippen MR) is 64.1 cm³/mol. The van der Waals surface area contributed by atoms with Gasteiger partial charge in [-0.2, -0.15) is 5.26 Å². The van der Waals surface area contributed by atoms with Crippen LogP contribution in [0, 0.1) is 11.3 Å². The number of hydrogen-bond donors (Lipinski definition) is 1. The molecule has 1 unspecified atom stereocenters. The molecule has 0 spiro atoms. The Balaban J connectivity index is 2.15. The lowest BCUT2D eigenvalue weighted by Gasteiger charge is -2.11. The van der Waals surface area contributed by atoms with Crippen LogP contribution in [-0.4, -0.2) is 10.1 Å². The van der Waals surface area contributed by atoms with Crippen LogP contribution in [-0.2, 0) is 6.42 Å². The van der Waals surface area contributed by atoms with Gasteiger partial charge in [-0.25, -0.2) is 0 Å². The smallest absolute Gasteiger partial charge is 0.0991 e. The summed E-state index contributed by atoms with van der Waals surface area (Å²) >= 11 is 0. The van der Waals surface area contributed by atoms with Gasteiger partial charge in [0.05, 0.1) is 17.7 Å². The van der Waals surface area contributed by atoms with Gasteiger partial charge in [-0.3, -0.25) is 4.98 Å². The molecule has 0 aliphatic rings. The van der Waals surface area contributed by atoms with Gasteiger partial charge in [0.15, 0.2) is 0 Å². The van der Waals surface area contributed by atoms with E-state index in [9.17, 15) is 5.11 Å². The fourth-order valence-corrected chi connectivity index (χ4v) is 1.68. The largest absolute Gasteiger partial charge is 0.388 e. The van der Waals surface area contributed by atoms with E-state index in [2.05, 4.69) is 11.1 Å². The van der Waals surface area contributed by atoms with E-state index in [4.69, 9.17) is 5.26 Å². The summed E-state index contributed by atoms with van der Waals surface area (Å²) in [6.07, 6.45) is 3.34. The van der Waals surface area contributed by atoms with E-state index in [-0.39, 0.29) is 0 Å². The third kappa shape index (κ3) is 2.90. The maximum Gasteiger partial charge on any atom is 0.0991 e. The van der Waals surface area contributed by atoms with Gasteiger partial charge in [-0.1, -0.05) is 12.1 Å². The second kappa shape index (κ2) is 5.24. The van der Waals surface area contributed by atoms with Crippen LogP contribution in [0.3, 0.4) is 0 Å². The van der Waals surface area contributed by atoms with Crippen LogP contribution in [0.15, 0.2) is 48.8 Å². The molecule has 0 aliphatic carbocycles. The highest BCUT2D eigenvalue weighted by Crippen LogP contribution is 2.18. The van der Waals surface area contributed by atoms with Gasteiger partial charge in [-0.05, 0) is 35.4 Å². The SMILES string of the molecule is N#Cc1cccc(C(O)Cc2ccncc2)c1. The second-order valence-electron chi connectivity index (χ2n) is 3.81. The van der Waals surface area contributed by atoms with E-state index in [1.165, 1.54) is 0 Å². The summed E-state index contributed by atoms with van der Waals surface area (Å²) in [6, 6.07) is 12.9. The van der Waals surface area contributed by atoms with Crippen LogP contribution >= 0.6 is 0 Å². The number of aliphatic hydroxyl groups excluding tert-OH is 1. The van der Waals surface area contributed by atoms with Crippen molar-refractivity contribution in [1.82, 2.24) is 4.98 Å². The van der Waals surface area contributed by atoms with Crippen molar-refractivity contribution in [2.45, 2.75) is 12.5 Å². The molecular formula is C14H12N2O. The predicted octanol–water partition coefficient (Wildman–Crippen LogP) is 2.23. The van der Waals surface area contributed by atoms with Crippen LogP contribution in [0.25, 0.3) is 0 Å². The lowest BCUT2D eigenvalue weighted by Crippen LogP contribution is -2.02. The lowest BCUT2D eigenvalue weighted by molar-refractivity contribution is 0.178. The summed E-state index contributed by atoms with van der Waals surface area (Å²) in [5, 5.41) is 18.9. The molecule has 1 aromatic carbocycles. The average molecular weight is 224 g/mol. The Hall–Kier alpha value is -2.18. The van der Waals surface area contributed by atoms with E-state index in [0.717, 1.165) is 11.1 Å². The molecule has 3 heteroatoms. The van der Waals surface area contributed by atoms with Gasteiger partial charge in [0.1, 0.15) is 0 Å². The molecule has 0 amide bonds. The molecule has 0 aliphatic heterocycles. The molecule has 3 nitrogen and oxygen atoms in total. The van der Waals surface area contributed by atoms with Crippen LogP contribution in [0.2, 0.25) is 0 Å². The van der Waals surface area contributed by atoms with Crippen molar-refractivity contribution in [2.75, 3.05) is 0 Å². The first kappa shape index (κ1) is 11.3. The third-order valence-corrected chi connectivity index (χ3v) is 2.58. The van der Waals surface area contributed by atoms with E-state index < -0.39 is 6.10 Å². The van der Waals surface area contributed by atoms with Crippen LogP contribution in [0.4, 0.5) is 0 Å². The Kier molecular flexibility index (Phi) is 3.49. The summed E-state index contributed by atoms with van der Waals surface area (Å²) in [6.45, 7) is 0. The molecule has 2 rings (SSSR count). The number of pyridine rings is 1. The summed E-state index contributed by atoms with van der Waals surface area (Å²) in [4.78, 5) is 3.93. The highest BCUT2D eigenvalue weighted by atomic mass is 16.3. The minimum absolute atomic E-state index is 0.525. The lowest BCUT2D eigenvalue weighted by atomic mass is 10.0. The molecule has 0 saturated carbocycles. The molecule has 1 N–H and O–H groups in total. The summed E-state index contributed by atoms with van der Waals surface area (Å²) in [5.74, 6) is 0. The molecule has 2 aromatic rings. The van der Waals surface area contributed by atoms with Gasteiger partial charge in [-0.15, -0.1) is 0 Å². The molecule has 0 bridgehead atoms. The van der Waals surface area contributed by atoms with E-state index in [0.29, 0.717) is 12.0 Å². The zero-order valence-corrected chi connectivity index (χ0v) is 9.24. The zero-order valence-electron chi connectivity index (χ0n) is 9.24. The van der Waals surface area contributed by atoms with E-state index in [1.54, 1.807) is 30.6 Å². The number of hydrogen-bond acceptors (Lipinski definition) is 3. The zero-order chi connectivity index (χ0) is 12.1. The molecule has 0 fully saturated rings. The van der Waals surface area contributed by atoms with Gasteiger partial charge in [0, 0.05) is 18.8 Å². The minimum Gasteiger partial charge on any atom is -0.388 e. The Labute approximate surface area is 100.0 Å². The Morgan fingerprint density at radius 1 is 1.24 bits per heavy atom. The first-order chi connectivity index (χ1) is 8.29. The molecule has 17 heavy (non-hydrogen) atoms. The van der Waals surface area contributed by atoms with Gasteiger partial charge >= 0.3 is 0 Å². The number of rotatable bonds is 3. The van der Waals surface area contributed by atoms with Crippen molar-refractivity contribution in [3.63, 3.8) is 0 Å². The second-order valence-corrected chi connectivity index (χ2v) is 3.81. The monoisotopic (exact) mass is 224 g/mol. The molecule has 84 valence electrons. The number of nitrogens with zero attached hydrogens (tertiary/aromatic N) is 2. The third-order valence-electron chi connectivity index (χ3n) is 2.58. The normalized spacial score (nSPS) is 11.8. The van der Waals surface area contributed by atoms with Crippen LogP contribution < -0.4 is 0 Å². The van der Waals surface area contributed by atoms with Crippen molar-refractivity contribution < 1.29 is 5.11 Å². The summed E-state index contributed by atoms with van der Waals surface area (Å²) < 4.78 is 0. The van der Waals surface area contributed by atoms with Crippen molar-refractivity contribution in [3.8, 4) is 6.07 Å². The van der Waals surface area contributed by atoms with Gasteiger partial charge in [0.2, 0.25) is 0 Å². The molecule has 1 aromatic heterocycles. The topological polar surface area (TPSA) is 56.9 Å².